The quantitative estimate of drug-likeness (QED) is 0.726. The smallest absolute Gasteiger partial charge is 0.240 e. The summed E-state index contributed by atoms with van der Waals surface area (Å²) in [6.45, 7) is 2.74. The van der Waals surface area contributed by atoms with Gasteiger partial charge in [0.2, 0.25) is 5.91 Å². The maximum absolute atomic E-state index is 11.7. The van der Waals surface area contributed by atoms with E-state index in [0.717, 1.165) is 32.2 Å². The van der Waals surface area contributed by atoms with Crippen LogP contribution in [0.15, 0.2) is 0 Å². The summed E-state index contributed by atoms with van der Waals surface area (Å²) < 4.78 is 0. The van der Waals surface area contributed by atoms with Crippen LogP contribution in [0.3, 0.4) is 0 Å². The molecule has 0 radical (unpaired) electrons. The number of alkyl halides is 1. The highest BCUT2D eigenvalue weighted by Gasteiger charge is 2.29. The molecule has 1 aliphatic rings. The molecule has 14 heavy (non-hydrogen) atoms. The zero-order valence-electron chi connectivity index (χ0n) is 8.58. The minimum atomic E-state index is -0.426. The summed E-state index contributed by atoms with van der Waals surface area (Å²) in [5, 5.41) is 8.30. The molecule has 1 saturated heterocycles. The molecule has 0 bridgehead atoms. The summed E-state index contributed by atoms with van der Waals surface area (Å²) in [5.41, 5.74) is 0. The van der Waals surface area contributed by atoms with Crippen molar-refractivity contribution in [2.45, 2.75) is 44.0 Å². The Morgan fingerprint density at radius 3 is 3.00 bits per heavy atom. The first-order valence-electron chi connectivity index (χ1n) is 5.22. The Hall–Kier alpha value is -0.280. The van der Waals surface area contributed by atoms with Gasteiger partial charge in [-0.05, 0) is 32.6 Å². The Morgan fingerprint density at radius 2 is 2.43 bits per heavy atom. The van der Waals surface area contributed by atoms with Crippen molar-refractivity contribution in [3.05, 3.63) is 0 Å². The maximum atomic E-state index is 11.7. The highest BCUT2D eigenvalue weighted by atomic mass is 35.5. The fourth-order valence-electron chi connectivity index (χ4n) is 1.98. The Labute approximate surface area is 90.0 Å². The van der Waals surface area contributed by atoms with Gasteiger partial charge in [-0.25, -0.2) is 0 Å². The average Bonchev–Trinajstić information content (AvgIpc) is 2.61. The van der Waals surface area contributed by atoms with E-state index in [2.05, 4.69) is 0 Å². The normalized spacial score (nSPS) is 23.9. The number of aliphatic hydroxyl groups excluding tert-OH is 1. The van der Waals surface area contributed by atoms with Crippen LogP contribution in [0.5, 0.6) is 0 Å². The van der Waals surface area contributed by atoms with Gasteiger partial charge < -0.3 is 10.0 Å². The van der Waals surface area contributed by atoms with E-state index >= 15 is 0 Å². The summed E-state index contributed by atoms with van der Waals surface area (Å²) in [6.07, 6.45) is 3.78. The number of carbonyl (C=O) groups is 1. The van der Waals surface area contributed by atoms with Gasteiger partial charge in [-0.3, -0.25) is 4.79 Å². The lowest BCUT2D eigenvalue weighted by molar-refractivity contribution is -0.131. The maximum Gasteiger partial charge on any atom is 0.240 e. The molecular weight excluding hydrogens is 202 g/mol. The van der Waals surface area contributed by atoms with Gasteiger partial charge in [-0.15, -0.1) is 11.6 Å². The van der Waals surface area contributed by atoms with Gasteiger partial charge in [-0.2, -0.15) is 0 Å². The fourth-order valence-corrected chi connectivity index (χ4v) is 2.11. The third-order valence-electron chi connectivity index (χ3n) is 2.70. The van der Waals surface area contributed by atoms with Crippen LogP contribution >= 0.6 is 11.6 Å². The molecule has 1 amide bonds. The Morgan fingerprint density at radius 1 is 1.71 bits per heavy atom. The largest absolute Gasteiger partial charge is 0.396 e. The van der Waals surface area contributed by atoms with Crippen molar-refractivity contribution in [2.24, 2.45) is 0 Å². The van der Waals surface area contributed by atoms with Gasteiger partial charge in [-0.1, -0.05) is 0 Å². The van der Waals surface area contributed by atoms with Crippen molar-refractivity contribution in [3.63, 3.8) is 0 Å². The third kappa shape index (κ3) is 2.85. The molecule has 0 aliphatic carbocycles. The van der Waals surface area contributed by atoms with Crippen LogP contribution in [0.1, 0.15) is 32.6 Å². The second-order valence-electron chi connectivity index (χ2n) is 3.81. The number of aliphatic hydroxyl groups is 1. The van der Waals surface area contributed by atoms with Crippen LogP contribution in [-0.2, 0) is 4.79 Å². The number of likely N-dealkylation sites (tertiary alicyclic amines) is 1. The van der Waals surface area contributed by atoms with Gasteiger partial charge >= 0.3 is 0 Å². The van der Waals surface area contributed by atoms with E-state index in [4.69, 9.17) is 16.7 Å². The van der Waals surface area contributed by atoms with E-state index < -0.39 is 5.38 Å². The fraction of sp³-hybridized carbons (Fsp3) is 0.900. The first-order chi connectivity index (χ1) is 6.66. The van der Waals surface area contributed by atoms with Crippen molar-refractivity contribution in [1.82, 2.24) is 4.90 Å². The number of rotatable bonds is 4. The van der Waals surface area contributed by atoms with Crippen molar-refractivity contribution in [3.8, 4) is 0 Å². The van der Waals surface area contributed by atoms with Gasteiger partial charge in [0.15, 0.2) is 0 Å². The number of carbonyl (C=O) groups excluding carboxylic acids is 1. The van der Waals surface area contributed by atoms with Gasteiger partial charge in [0.25, 0.3) is 0 Å². The van der Waals surface area contributed by atoms with Gasteiger partial charge in [0.05, 0.1) is 0 Å². The molecule has 2 atom stereocenters. The summed E-state index contributed by atoms with van der Waals surface area (Å²) in [4.78, 5) is 13.5. The van der Waals surface area contributed by atoms with Crippen molar-refractivity contribution in [1.29, 1.82) is 0 Å². The Kier molecular flexibility index (Phi) is 4.69. The molecule has 0 saturated carbocycles. The standard InChI is InChI=1S/C10H18ClNO2/c1-8(11)10(14)12-6-2-4-9(12)5-3-7-13/h8-9,13H,2-7H2,1H3. The summed E-state index contributed by atoms with van der Waals surface area (Å²) >= 11 is 5.77. The molecule has 0 aromatic heterocycles. The molecule has 1 aliphatic heterocycles. The SMILES string of the molecule is CC(Cl)C(=O)N1CCCC1CCCO. The second kappa shape index (κ2) is 5.56. The summed E-state index contributed by atoms with van der Waals surface area (Å²) in [6, 6.07) is 0.302. The zero-order valence-corrected chi connectivity index (χ0v) is 9.33. The Bertz CT molecular complexity index is 197. The van der Waals surface area contributed by atoms with Crippen LogP contribution in [-0.4, -0.2) is 40.5 Å². The topological polar surface area (TPSA) is 40.5 Å². The number of amides is 1. The number of nitrogens with zero attached hydrogens (tertiary/aromatic N) is 1. The molecule has 2 unspecified atom stereocenters. The molecule has 1 rings (SSSR count). The first kappa shape index (κ1) is 11.8. The van der Waals surface area contributed by atoms with Gasteiger partial charge in [0.1, 0.15) is 5.38 Å². The van der Waals surface area contributed by atoms with E-state index in [1.807, 2.05) is 4.90 Å². The van der Waals surface area contributed by atoms with Crippen molar-refractivity contribution >= 4 is 17.5 Å². The highest BCUT2D eigenvalue weighted by Crippen LogP contribution is 2.22. The number of hydrogen-bond donors (Lipinski definition) is 1. The molecule has 1 fully saturated rings. The molecule has 0 spiro atoms. The second-order valence-corrected chi connectivity index (χ2v) is 4.46. The van der Waals surface area contributed by atoms with Crippen molar-refractivity contribution in [2.75, 3.05) is 13.2 Å². The predicted molar refractivity (Wildman–Crippen MR) is 56.4 cm³/mol. The van der Waals surface area contributed by atoms with Crippen LogP contribution in [0.25, 0.3) is 0 Å². The molecule has 1 N–H and O–H groups in total. The lowest BCUT2D eigenvalue weighted by atomic mass is 10.1. The zero-order chi connectivity index (χ0) is 10.6. The summed E-state index contributed by atoms with van der Waals surface area (Å²) in [7, 11) is 0. The number of halogens is 1. The summed E-state index contributed by atoms with van der Waals surface area (Å²) in [5.74, 6) is 0.0344. The number of hydrogen-bond acceptors (Lipinski definition) is 2. The predicted octanol–water partition coefficient (Wildman–Crippen LogP) is 1.38. The molecule has 0 aromatic carbocycles. The molecule has 1 heterocycles. The lowest BCUT2D eigenvalue weighted by Gasteiger charge is -2.25. The lowest BCUT2D eigenvalue weighted by Crippen LogP contribution is -2.39. The van der Waals surface area contributed by atoms with Crippen LogP contribution in [0.4, 0.5) is 0 Å². The first-order valence-corrected chi connectivity index (χ1v) is 5.66. The van der Waals surface area contributed by atoms with Crippen LogP contribution in [0.2, 0.25) is 0 Å². The molecular formula is C10H18ClNO2. The minimum Gasteiger partial charge on any atom is -0.396 e. The Balaban J connectivity index is 2.46. The molecule has 4 heteroatoms. The van der Waals surface area contributed by atoms with E-state index in [-0.39, 0.29) is 12.5 Å². The molecule has 82 valence electrons. The monoisotopic (exact) mass is 219 g/mol. The van der Waals surface area contributed by atoms with Crippen LogP contribution in [0, 0.1) is 0 Å². The van der Waals surface area contributed by atoms with E-state index in [1.54, 1.807) is 6.92 Å². The van der Waals surface area contributed by atoms with E-state index in [0.29, 0.717) is 6.04 Å². The van der Waals surface area contributed by atoms with Crippen LogP contribution < -0.4 is 0 Å². The average molecular weight is 220 g/mol. The molecule has 0 aromatic rings. The minimum absolute atomic E-state index is 0.0344. The van der Waals surface area contributed by atoms with E-state index in [9.17, 15) is 4.79 Å². The van der Waals surface area contributed by atoms with Crippen molar-refractivity contribution < 1.29 is 9.90 Å². The molecule has 3 nitrogen and oxygen atoms in total. The highest BCUT2D eigenvalue weighted by molar-refractivity contribution is 6.30. The van der Waals surface area contributed by atoms with Gasteiger partial charge in [0, 0.05) is 19.2 Å². The third-order valence-corrected chi connectivity index (χ3v) is 2.88. The van der Waals surface area contributed by atoms with E-state index in [1.165, 1.54) is 0 Å².